The number of esters is 1. The number of rotatable bonds is 20. The minimum atomic E-state index is -0.315. The number of carbonyl (C=O) groups excluding carboxylic acids is 2. The Morgan fingerprint density at radius 3 is 1.89 bits per heavy atom. The van der Waals surface area contributed by atoms with E-state index in [9.17, 15) is 14.7 Å². The standard InChI is InChI=1S/C41H46O6/c1-2-3-4-5-6-7-8-9-16-21-41(44)47-36-24-22-34(39(43)28-36)23-27-38(42)37-26-25-35(45-30-32-17-12-10-13-18-32)29-40(37)46-31-33-19-14-11-15-20-33/h10-15,17-20,22-29,43H,2-9,16,21,30-31H2,1H3. The highest BCUT2D eigenvalue weighted by atomic mass is 16.5. The fraction of sp³-hybridized carbons (Fsp3) is 0.317. The molecule has 0 radical (unpaired) electrons. The quantitative estimate of drug-likeness (QED) is 0.0342. The van der Waals surface area contributed by atoms with Crippen molar-refractivity contribution in [1.29, 1.82) is 0 Å². The number of allylic oxidation sites excluding steroid dienone is 1. The normalized spacial score (nSPS) is 11.0. The van der Waals surface area contributed by atoms with Crippen LogP contribution in [0.15, 0.2) is 103 Å². The molecule has 6 heteroatoms. The highest BCUT2D eigenvalue weighted by molar-refractivity contribution is 6.08. The van der Waals surface area contributed by atoms with Gasteiger partial charge in [-0.1, -0.05) is 119 Å². The molecule has 0 aliphatic carbocycles. The number of aromatic hydroxyl groups is 1. The van der Waals surface area contributed by atoms with Crippen LogP contribution in [0.25, 0.3) is 6.08 Å². The molecule has 0 saturated carbocycles. The van der Waals surface area contributed by atoms with Crippen LogP contribution in [0.5, 0.6) is 23.0 Å². The van der Waals surface area contributed by atoms with Gasteiger partial charge in [0.1, 0.15) is 36.2 Å². The molecule has 0 aliphatic rings. The first-order valence-corrected chi connectivity index (χ1v) is 16.8. The zero-order valence-electron chi connectivity index (χ0n) is 27.4. The van der Waals surface area contributed by atoms with Crippen molar-refractivity contribution >= 4 is 17.8 Å². The molecular formula is C41H46O6. The van der Waals surface area contributed by atoms with Crippen molar-refractivity contribution in [3.63, 3.8) is 0 Å². The molecule has 0 amide bonds. The molecule has 4 rings (SSSR count). The Morgan fingerprint density at radius 1 is 0.660 bits per heavy atom. The predicted octanol–water partition coefficient (Wildman–Crippen LogP) is 10.3. The van der Waals surface area contributed by atoms with Gasteiger partial charge in [0.2, 0.25) is 0 Å². The number of carbonyl (C=O) groups is 2. The summed E-state index contributed by atoms with van der Waals surface area (Å²) in [6.45, 7) is 2.89. The smallest absolute Gasteiger partial charge is 0.311 e. The first-order valence-electron chi connectivity index (χ1n) is 16.8. The first kappa shape index (κ1) is 35.0. The third-order valence-electron chi connectivity index (χ3n) is 7.84. The van der Waals surface area contributed by atoms with Gasteiger partial charge in [0.05, 0.1) is 5.56 Å². The third-order valence-corrected chi connectivity index (χ3v) is 7.84. The van der Waals surface area contributed by atoms with E-state index in [2.05, 4.69) is 6.92 Å². The van der Waals surface area contributed by atoms with Crippen molar-refractivity contribution in [1.82, 2.24) is 0 Å². The molecule has 0 spiro atoms. The van der Waals surface area contributed by atoms with Crippen LogP contribution in [0, 0.1) is 0 Å². The van der Waals surface area contributed by atoms with Gasteiger partial charge in [0.25, 0.3) is 0 Å². The van der Waals surface area contributed by atoms with Gasteiger partial charge in [-0.2, -0.15) is 0 Å². The molecule has 0 unspecified atom stereocenters. The second-order valence-electron chi connectivity index (χ2n) is 11.7. The average Bonchev–Trinajstić information content (AvgIpc) is 3.09. The Kier molecular flexibility index (Phi) is 14.6. The molecule has 1 N–H and O–H groups in total. The Morgan fingerprint density at radius 2 is 1.26 bits per heavy atom. The fourth-order valence-corrected chi connectivity index (χ4v) is 5.14. The lowest BCUT2D eigenvalue weighted by Crippen LogP contribution is -2.07. The van der Waals surface area contributed by atoms with E-state index in [4.69, 9.17) is 14.2 Å². The van der Waals surface area contributed by atoms with Crippen molar-refractivity contribution in [3.8, 4) is 23.0 Å². The van der Waals surface area contributed by atoms with E-state index in [1.807, 2.05) is 60.7 Å². The summed E-state index contributed by atoms with van der Waals surface area (Å²) in [7, 11) is 0. The number of ketones is 1. The third kappa shape index (κ3) is 12.5. The Bertz CT molecular complexity index is 1560. The molecule has 47 heavy (non-hydrogen) atoms. The van der Waals surface area contributed by atoms with Crippen LogP contribution in [0.2, 0.25) is 0 Å². The summed E-state index contributed by atoms with van der Waals surface area (Å²) in [5, 5.41) is 10.6. The minimum Gasteiger partial charge on any atom is -0.507 e. The topological polar surface area (TPSA) is 82.1 Å². The van der Waals surface area contributed by atoms with Gasteiger partial charge in [-0.15, -0.1) is 0 Å². The van der Waals surface area contributed by atoms with Crippen LogP contribution in [-0.4, -0.2) is 16.9 Å². The minimum absolute atomic E-state index is 0.0902. The summed E-state index contributed by atoms with van der Waals surface area (Å²) < 4.78 is 17.5. The molecule has 0 heterocycles. The maximum Gasteiger partial charge on any atom is 0.311 e. The number of benzene rings is 4. The molecule has 0 atom stereocenters. The zero-order valence-corrected chi connectivity index (χ0v) is 27.4. The van der Waals surface area contributed by atoms with Crippen LogP contribution in [0.1, 0.15) is 98.2 Å². The van der Waals surface area contributed by atoms with E-state index in [1.165, 1.54) is 56.7 Å². The lowest BCUT2D eigenvalue weighted by Gasteiger charge is -2.13. The summed E-state index contributed by atoms with van der Waals surface area (Å²) >= 11 is 0. The molecule has 6 nitrogen and oxygen atoms in total. The van der Waals surface area contributed by atoms with Crippen molar-refractivity contribution < 1.29 is 28.9 Å². The zero-order chi connectivity index (χ0) is 33.1. The highest BCUT2D eigenvalue weighted by Crippen LogP contribution is 2.29. The maximum absolute atomic E-state index is 13.3. The molecular weight excluding hydrogens is 588 g/mol. The van der Waals surface area contributed by atoms with E-state index in [-0.39, 0.29) is 29.9 Å². The number of unbranched alkanes of at least 4 members (excludes halogenated alkanes) is 8. The number of hydrogen-bond acceptors (Lipinski definition) is 6. The number of phenolic OH excluding ortho intramolecular Hbond substituents is 1. The molecule has 0 saturated heterocycles. The van der Waals surface area contributed by atoms with Gasteiger partial charge < -0.3 is 19.3 Å². The highest BCUT2D eigenvalue weighted by Gasteiger charge is 2.14. The van der Waals surface area contributed by atoms with Crippen LogP contribution < -0.4 is 14.2 Å². The van der Waals surface area contributed by atoms with Gasteiger partial charge in [-0.05, 0) is 54.0 Å². The predicted molar refractivity (Wildman–Crippen MR) is 187 cm³/mol. The maximum atomic E-state index is 13.3. The molecule has 4 aromatic carbocycles. The second kappa shape index (κ2) is 19.6. The molecule has 246 valence electrons. The van der Waals surface area contributed by atoms with Gasteiger partial charge in [0, 0.05) is 24.1 Å². The van der Waals surface area contributed by atoms with Crippen LogP contribution in [0.3, 0.4) is 0 Å². The first-order chi connectivity index (χ1) is 23.0. The van der Waals surface area contributed by atoms with Crippen LogP contribution >= 0.6 is 0 Å². The lowest BCUT2D eigenvalue weighted by molar-refractivity contribution is -0.134. The van der Waals surface area contributed by atoms with E-state index in [0.29, 0.717) is 35.7 Å². The summed E-state index contributed by atoms with van der Waals surface area (Å²) in [6.07, 6.45) is 13.8. The van der Waals surface area contributed by atoms with Crippen molar-refractivity contribution in [3.05, 3.63) is 125 Å². The summed E-state index contributed by atoms with van der Waals surface area (Å²) in [5.74, 6) is 0.552. The number of ether oxygens (including phenoxy) is 3. The Balaban J connectivity index is 1.33. The molecule has 4 aromatic rings. The van der Waals surface area contributed by atoms with Crippen molar-refractivity contribution in [2.45, 2.75) is 84.3 Å². The van der Waals surface area contributed by atoms with Gasteiger partial charge in [-0.3, -0.25) is 9.59 Å². The van der Waals surface area contributed by atoms with Crippen LogP contribution in [-0.2, 0) is 18.0 Å². The average molecular weight is 635 g/mol. The molecule has 0 fully saturated rings. The van der Waals surface area contributed by atoms with Crippen LogP contribution in [0.4, 0.5) is 0 Å². The number of phenols is 1. The van der Waals surface area contributed by atoms with E-state index < -0.39 is 0 Å². The summed E-state index contributed by atoms with van der Waals surface area (Å²) in [4.78, 5) is 25.6. The van der Waals surface area contributed by atoms with Gasteiger partial charge >= 0.3 is 5.97 Å². The number of hydrogen-bond donors (Lipinski definition) is 1. The van der Waals surface area contributed by atoms with E-state index in [0.717, 1.165) is 30.4 Å². The summed E-state index contributed by atoms with van der Waals surface area (Å²) in [5.41, 5.74) is 2.79. The van der Waals surface area contributed by atoms with E-state index in [1.54, 1.807) is 30.3 Å². The SMILES string of the molecule is CCCCCCCCCCCC(=O)Oc1ccc(C=CC(=O)c2ccc(OCc3ccccc3)cc2OCc2ccccc2)c(O)c1. The monoisotopic (exact) mass is 634 g/mol. The largest absolute Gasteiger partial charge is 0.507 e. The molecule has 0 bridgehead atoms. The Labute approximate surface area is 279 Å². The molecule has 0 aromatic heterocycles. The van der Waals surface area contributed by atoms with Gasteiger partial charge in [0.15, 0.2) is 5.78 Å². The fourth-order valence-electron chi connectivity index (χ4n) is 5.14. The Hall–Kier alpha value is -4.84. The molecule has 0 aliphatic heterocycles. The lowest BCUT2D eigenvalue weighted by atomic mass is 10.1. The van der Waals surface area contributed by atoms with Crippen molar-refractivity contribution in [2.24, 2.45) is 0 Å². The van der Waals surface area contributed by atoms with Gasteiger partial charge in [-0.25, -0.2) is 0 Å². The summed E-state index contributed by atoms with van der Waals surface area (Å²) in [6, 6.07) is 29.3. The van der Waals surface area contributed by atoms with E-state index >= 15 is 0 Å². The van der Waals surface area contributed by atoms with Crippen molar-refractivity contribution in [2.75, 3.05) is 0 Å². The second-order valence-corrected chi connectivity index (χ2v) is 11.7.